The second-order valence-electron chi connectivity index (χ2n) is 5.79. The summed E-state index contributed by atoms with van der Waals surface area (Å²) >= 11 is 0. The van der Waals surface area contributed by atoms with Crippen molar-refractivity contribution in [2.75, 3.05) is 29.6 Å². The number of halogens is 3. The molecule has 0 spiro atoms. The number of benzene rings is 2. The number of rotatable bonds is 5. The van der Waals surface area contributed by atoms with Gasteiger partial charge in [-0.25, -0.2) is 0 Å². The van der Waals surface area contributed by atoms with E-state index in [0.717, 1.165) is 30.0 Å². The Labute approximate surface area is 148 Å². The Hall–Kier alpha value is -3.03. The molecule has 0 atom stereocenters. The van der Waals surface area contributed by atoms with E-state index in [0.29, 0.717) is 5.69 Å². The topological polar surface area (TPSA) is 61.4 Å². The maximum atomic E-state index is 12.5. The van der Waals surface area contributed by atoms with Crippen LogP contribution in [-0.4, -0.2) is 25.9 Å². The Kier molecular flexibility index (Phi) is 5.86. The third-order valence-electron chi connectivity index (χ3n) is 3.48. The minimum absolute atomic E-state index is 0.186. The van der Waals surface area contributed by atoms with E-state index in [9.17, 15) is 22.8 Å². The summed E-state index contributed by atoms with van der Waals surface area (Å²) in [7, 11) is 3.78. The fourth-order valence-electron chi connectivity index (χ4n) is 2.14. The molecule has 0 aliphatic rings. The van der Waals surface area contributed by atoms with E-state index in [-0.39, 0.29) is 5.69 Å². The van der Waals surface area contributed by atoms with Gasteiger partial charge < -0.3 is 15.5 Å². The van der Waals surface area contributed by atoms with Crippen LogP contribution in [0.1, 0.15) is 12.0 Å². The third kappa shape index (κ3) is 5.51. The molecule has 0 unspecified atom stereocenters. The number of carbonyl (C=O) groups excluding carboxylic acids is 2. The van der Waals surface area contributed by atoms with E-state index in [4.69, 9.17) is 0 Å². The van der Waals surface area contributed by atoms with Crippen molar-refractivity contribution in [2.45, 2.75) is 12.6 Å². The molecule has 2 aromatic carbocycles. The first-order valence-corrected chi connectivity index (χ1v) is 7.69. The quantitative estimate of drug-likeness (QED) is 0.794. The van der Waals surface area contributed by atoms with Crippen LogP contribution < -0.4 is 15.5 Å². The van der Waals surface area contributed by atoms with Gasteiger partial charge in [0.25, 0.3) is 0 Å². The molecular weight excluding hydrogens is 347 g/mol. The Balaban J connectivity index is 1.88. The second-order valence-corrected chi connectivity index (χ2v) is 5.79. The van der Waals surface area contributed by atoms with E-state index in [1.54, 1.807) is 12.1 Å². The first-order valence-electron chi connectivity index (χ1n) is 7.69. The summed E-state index contributed by atoms with van der Waals surface area (Å²) in [6.07, 6.45) is -4.89. The number of nitrogens with zero attached hydrogens (tertiary/aromatic N) is 1. The predicted octanol–water partition coefficient (Wildman–Crippen LogP) is 3.74. The second kappa shape index (κ2) is 7.90. The normalized spacial score (nSPS) is 11.0. The molecule has 0 bridgehead atoms. The lowest BCUT2D eigenvalue weighted by Crippen LogP contribution is -2.21. The molecule has 0 saturated carbocycles. The van der Waals surface area contributed by atoms with E-state index in [2.05, 4.69) is 10.6 Å². The van der Waals surface area contributed by atoms with E-state index in [1.807, 2.05) is 31.1 Å². The van der Waals surface area contributed by atoms with Crippen LogP contribution in [0.3, 0.4) is 0 Å². The number of alkyl halides is 3. The van der Waals surface area contributed by atoms with Gasteiger partial charge in [-0.3, -0.25) is 9.59 Å². The van der Waals surface area contributed by atoms with Gasteiger partial charge in [0.1, 0.15) is 6.42 Å². The summed E-state index contributed by atoms with van der Waals surface area (Å²) in [6.45, 7) is 0. The van der Waals surface area contributed by atoms with Gasteiger partial charge in [-0.15, -0.1) is 0 Å². The van der Waals surface area contributed by atoms with E-state index < -0.39 is 30.0 Å². The Morgan fingerprint density at radius 1 is 0.846 bits per heavy atom. The number of hydrogen-bond donors (Lipinski definition) is 2. The number of amides is 2. The highest BCUT2D eigenvalue weighted by Crippen LogP contribution is 2.29. The number of nitrogens with one attached hydrogen (secondary N) is 2. The molecule has 0 aromatic heterocycles. The van der Waals surface area contributed by atoms with Crippen LogP contribution >= 0.6 is 0 Å². The van der Waals surface area contributed by atoms with Crippen molar-refractivity contribution in [3.63, 3.8) is 0 Å². The lowest BCUT2D eigenvalue weighted by Gasteiger charge is -2.13. The van der Waals surface area contributed by atoms with Crippen molar-refractivity contribution in [1.29, 1.82) is 0 Å². The monoisotopic (exact) mass is 365 g/mol. The van der Waals surface area contributed by atoms with Crippen molar-refractivity contribution in [2.24, 2.45) is 0 Å². The molecule has 2 amide bonds. The van der Waals surface area contributed by atoms with E-state index in [1.165, 1.54) is 0 Å². The lowest BCUT2D eigenvalue weighted by atomic mass is 10.2. The van der Waals surface area contributed by atoms with E-state index >= 15 is 0 Å². The molecule has 0 saturated heterocycles. The zero-order valence-corrected chi connectivity index (χ0v) is 14.2. The maximum Gasteiger partial charge on any atom is 0.416 e. The van der Waals surface area contributed by atoms with Gasteiger partial charge in [0.15, 0.2) is 0 Å². The highest BCUT2D eigenvalue weighted by Gasteiger charge is 2.30. The lowest BCUT2D eigenvalue weighted by molar-refractivity contribution is -0.137. The fraction of sp³-hybridized carbons (Fsp3) is 0.222. The number of hydrogen-bond acceptors (Lipinski definition) is 3. The van der Waals surface area contributed by atoms with Crippen LogP contribution in [0.25, 0.3) is 0 Å². The molecule has 26 heavy (non-hydrogen) atoms. The largest absolute Gasteiger partial charge is 0.416 e. The zero-order chi connectivity index (χ0) is 19.3. The first kappa shape index (κ1) is 19.3. The van der Waals surface area contributed by atoms with Crippen LogP contribution in [0, 0.1) is 0 Å². The Morgan fingerprint density at radius 3 is 1.65 bits per heavy atom. The molecule has 2 aromatic rings. The third-order valence-corrected chi connectivity index (χ3v) is 3.48. The average molecular weight is 365 g/mol. The molecular formula is C18H18F3N3O2. The molecule has 8 heteroatoms. The molecule has 0 heterocycles. The van der Waals surface area contributed by atoms with Gasteiger partial charge in [-0.1, -0.05) is 0 Å². The highest BCUT2D eigenvalue weighted by molar-refractivity contribution is 6.08. The maximum absolute atomic E-state index is 12.5. The van der Waals surface area contributed by atoms with Crippen molar-refractivity contribution in [3.05, 3.63) is 54.1 Å². The van der Waals surface area contributed by atoms with Crippen LogP contribution in [0.2, 0.25) is 0 Å². The summed E-state index contributed by atoms with van der Waals surface area (Å²) < 4.78 is 37.5. The molecule has 5 nitrogen and oxygen atoms in total. The standard InChI is InChI=1S/C18H18F3N3O2/c1-24(2)15-9-7-14(8-10-15)23-17(26)11-16(25)22-13-5-3-12(4-6-13)18(19,20)21/h3-10H,11H2,1-2H3,(H,22,25)(H,23,26). The highest BCUT2D eigenvalue weighted by atomic mass is 19.4. The zero-order valence-electron chi connectivity index (χ0n) is 14.2. The molecule has 2 N–H and O–H groups in total. The number of carbonyl (C=O) groups is 2. The smallest absolute Gasteiger partial charge is 0.378 e. The Morgan fingerprint density at radius 2 is 1.27 bits per heavy atom. The summed E-state index contributed by atoms with van der Waals surface area (Å²) in [5.74, 6) is -1.14. The molecule has 0 aliphatic heterocycles. The van der Waals surface area contributed by atoms with Crippen molar-refractivity contribution in [1.82, 2.24) is 0 Å². The van der Waals surface area contributed by atoms with Crippen LogP contribution in [-0.2, 0) is 15.8 Å². The molecule has 0 radical (unpaired) electrons. The van der Waals surface area contributed by atoms with Crippen LogP contribution in [0.4, 0.5) is 30.2 Å². The van der Waals surface area contributed by atoms with Crippen molar-refractivity contribution in [3.8, 4) is 0 Å². The van der Waals surface area contributed by atoms with Crippen molar-refractivity contribution < 1.29 is 22.8 Å². The van der Waals surface area contributed by atoms with Crippen LogP contribution in [0.5, 0.6) is 0 Å². The number of anilines is 3. The minimum Gasteiger partial charge on any atom is -0.378 e. The van der Waals surface area contributed by atoms with Crippen molar-refractivity contribution >= 4 is 28.9 Å². The summed E-state index contributed by atoms with van der Waals surface area (Å²) in [6, 6.07) is 11.1. The van der Waals surface area contributed by atoms with Gasteiger partial charge in [-0.2, -0.15) is 13.2 Å². The molecule has 0 fully saturated rings. The molecule has 138 valence electrons. The van der Waals surface area contributed by atoms with Gasteiger partial charge in [0.2, 0.25) is 11.8 Å². The van der Waals surface area contributed by atoms with Crippen LogP contribution in [0.15, 0.2) is 48.5 Å². The van der Waals surface area contributed by atoms with Gasteiger partial charge >= 0.3 is 6.18 Å². The van der Waals surface area contributed by atoms with Gasteiger partial charge in [-0.05, 0) is 48.5 Å². The summed E-state index contributed by atoms with van der Waals surface area (Å²) in [5, 5.41) is 4.97. The summed E-state index contributed by atoms with van der Waals surface area (Å²) in [5.41, 5.74) is 0.881. The average Bonchev–Trinajstić information content (AvgIpc) is 2.54. The molecule has 0 aliphatic carbocycles. The molecule has 2 rings (SSSR count). The van der Waals surface area contributed by atoms with Gasteiger partial charge in [0, 0.05) is 31.2 Å². The SMILES string of the molecule is CN(C)c1ccc(NC(=O)CC(=O)Nc2ccc(C(F)(F)F)cc2)cc1. The first-order chi connectivity index (χ1) is 12.1. The minimum atomic E-state index is -4.44. The fourth-order valence-corrected chi connectivity index (χ4v) is 2.14. The predicted molar refractivity (Wildman–Crippen MR) is 94.1 cm³/mol. The van der Waals surface area contributed by atoms with Gasteiger partial charge in [0.05, 0.1) is 5.56 Å². The Bertz CT molecular complexity index is 770. The summed E-state index contributed by atoms with van der Waals surface area (Å²) in [4.78, 5) is 25.6.